The van der Waals surface area contributed by atoms with Gasteiger partial charge < -0.3 is 19.9 Å². The van der Waals surface area contributed by atoms with E-state index in [9.17, 15) is 14.7 Å². The number of ether oxygens (including phenoxy) is 2. The van der Waals surface area contributed by atoms with Crippen molar-refractivity contribution in [2.75, 3.05) is 39.4 Å². The van der Waals surface area contributed by atoms with Crippen LogP contribution in [0.2, 0.25) is 0 Å². The zero-order valence-electron chi connectivity index (χ0n) is 11.7. The highest BCUT2D eigenvalue weighted by Gasteiger charge is 2.53. The van der Waals surface area contributed by atoms with Crippen LogP contribution < -0.4 is 5.32 Å². The number of carboxylic acids is 1. The van der Waals surface area contributed by atoms with Gasteiger partial charge in [-0.2, -0.15) is 0 Å². The van der Waals surface area contributed by atoms with Gasteiger partial charge >= 0.3 is 5.97 Å². The molecule has 2 fully saturated rings. The zero-order chi connectivity index (χ0) is 14.8. The molecule has 3 aliphatic heterocycles. The fraction of sp³-hybridized carbons (Fsp3) is 0.714. The van der Waals surface area contributed by atoms with E-state index in [0.29, 0.717) is 6.54 Å². The average molecular weight is 296 g/mol. The molecular formula is C14H20N2O5. The number of rotatable bonds is 5. The van der Waals surface area contributed by atoms with Gasteiger partial charge in [-0.25, -0.2) is 0 Å². The monoisotopic (exact) mass is 296 g/mol. The Kier molecular flexibility index (Phi) is 4.23. The van der Waals surface area contributed by atoms with Gasteiger partial charge in [0, 0.05) is 26.2 Å². The van der Waals surface area contributed by atoms with E-state index >= 15 is 0 Å². The first-order valence-corrected chi connectivity index (χ1v) is 7.31. The number of nitrogens with one attached hydrogen (secondary N) is 1. The van der Waals surface area contributed by atoms with E-state index < -0.39 is 30.0 Å². The van der Waals surface area contributed by atoms with Crippen LogP contribution in [-0.2, 0) is 19.1 Å². The molecule has 2 N–H and O–H groups in total. The number of hydrogen-bond acceptors (Lipinski definition) is 5. The van der Waals surface area contributed by atoms with Crippen molar-refractivity contribution in [3.63, 3.8) is 0 Å². The summed E-state index contributed by atoms with van der Waals surface area (Å²) in [5.74, 6) is -2.60. The maximum Gasteiger partial charge on any atom is 0.310 e. The minimum absolute atomic E-state index is 0.229. The third-order valence-corrected chi connectivity index (χ3v) is 4.32. The van der Waals surface area contributed by atoms with E-state index in [2.05, 4.69) is 10.2 Å². The topological polar surface area (TPSA) is 88.1 Å². The number of aliphatic carboxylic acids is 1. The molecule has 1 amide bonds. The normalized spacial score (nSPS) is 35.0. The Hall–Kier alpha value is -1.44. The minimum atomic E-state index is -0.972. The Morgan fingerprint density at radius 1 is 1.19 bits per heavy atom. The van der Waals surface area contributed by atoms with E-state index in [1.165, 1.54) is 0 Å². The fourth-order valence-electron chi connectivity index (χ4n) is 3.19. The molecule has 3 rings (SSSR count). The Morgan fingerprint density at radius 2 is 1.86 bits per heavy atom. The summed E-state index contributed by atoms with van der Waals surface area (Å²) in [6, 6.07) is 0. The number of morpholine rings is 1. The maximum absolute atomic E-state index is 12.3. The SMILES string of the molecule is O=C(O)C1C2C=CC(O2)C1C(=O)NCCN1CCOCC1. The second kappa shape index (κ2) is 6.13. The van der Waals surface area contributed by atoms with Gasteiger partial charge in [0.2, 0.25) is 5.91 Å². The van der Waals surface area contributed by atoms with Gasteiger partial charge in [0.1, 0.15) is 5.92 Å². The van der Waals surface area contributed by atoms with Gasteiger partial charge in [0.25, 0.3) is 0 Å². The lowest BCUT2D eigenvalue weighted by molar-refractivity contribution is -0.146. The highest BCUT2D eigenvalue weighted by molar-refractivity contribution is 5.87. The fourth-order valence-corrected chi connectivity index (χ4v) is 3.19. The molecular weight excluding hydrogens is 276 g/mol. The Morgan fingerprint density at radius 3 is 2.52 bits per heavy atom. The smallest absolute Gasteiger partial charge is 0.310 e. The van der Waals surface area contributed by atoms with Gasteiger partial charge in [-0.1, -0.05) is 12.2 Å². The van der Waals surface area contributed by atoms with Crippen LogP contribution in [-0.4, -0.2) is 73.5 Å². The molecule has 4 unspecified atom stereocenters. The molecule has 0 aromatic heterocycles. The number of nitrogens with zero attached hydrogens (tertiary/aromatic N) is 1. The van der Waals surface area contributed by atoms with E-state index in [0.717, 1.165) is 32.8 Å². The van der Waals surface area contributed by atoms with Crippen LogP contribution >= 0.6 is 0 Å². The molecule has 7 heteroatoms. The Balaban J connectivity index is 1.50. The van der Waals surface area contributed by atoms with Crippen molar-refractivity contribution in [3.05, 3.63) is 12.2 Å². The van der Waals surface area contributed by atoms with E-state index in [-0.39, 0.29) is 5.91 Å². The molecule has 0 aromatic carbocycles. The summed E-state index contributed by atoms with van der Waals surface area (Å²) in [4.78, 5) is 25.8. The van der Waals surface area contributed by atoms with Crippen molar-refractivity contribution in [1.29, 1.82) is 0 Å². The van der Waals surface area contributed by atoms with Gasteiger partial charge in [-0.3, -0.25) is 14.5 Å². The second-order valence-corrected chi connectivity index (χ2v) is 5.59. The molecule has 0 spiro atoms. The van der Waals surface area contributed by atoms with Crippen molar-refractivity contribution in [2.24, 2.45) is 11.8 Å². The minimum Gasteiger partial charge on any atom is -0.481 e. The van der Waals surface area contributed by atoms with Crippen molar-refractivity contribution >= 4 is 11.9 Å². The average Bonchev–Trinajstić information content (AvgIpc) is 3.08. The van der Waals surface area contributed by atoms with Crippen molar-refractivity contribution in [3.8, 4) is 0 Å². The van der Waals surface area contributed by atoms with Crippen LogP contribution in [0.3, 0.4) is 0 Å². The summed E-state index contributed by atoms with van der Waals surface area (Å²) in [5, 5.41) is 12.1. The number of carbonyl (C=O) groups excluding carboxylic acids is 1. The van der Waals surface area contributed by atoms with Crippen LogP contribution in [0.5, 0.6) is 0 Å². The second-order valence-electron chi connectivity index (χ2n) is 5.59. The highest BCUT2D eigenvalue weighted by atomic mass is 16.5. The standard InChI is InChI=1S/C14H20N2O5/c17-13(15-3-4-16-5-7-20-8-6-16)11-9-1-2-10(21-9)12(11)14(18)19/h1-2,9-12H,3-8H2,(H,15,17)(H,18,19). The molecule has 116 valence electrons. The van der Waals surface area contributed by atoms with Crippen LogP contribution in [0.1, 0.15) is 0 Å². The molecule has 2 bridgehead atoms. The molecule has 3 heterocycles. The summed E-state index contributed by atoms with van der Waals surface area (Å²) >= 11 is 0. The van der Waals surface area contributed by atoms with Crippen LogP contribution in [0.4, 0.5) is 0 Å². The van der Waals surface area contributed by atoms with E-state index in [4.69, 9.17) is 9.47 Å². The molecule has 0 aliphatic carbocycles. The third kappa shape index (κ3) is 2.95. The van der Waals surface area contributed by atoms with Gasteiger partial charge in [0.05, 0.1) is 31.3 Å². The Bertz CT molecular complexity index is 447. The number of carbonyl (C=O) groups is 2. The molecule has 21 heavy (non-hydrogen) atoms. The van der Waals surface area contributed by atoms with Crippen molar-refractivity contribution in [2.45, 2.75) is 12.2 Å². The molecule has 0 radical (unpaired) electrons. The van der Waals surface area contributed by atoms with Crippen molar-refractivity contribution < 1.29 is 24.2 Å². The highest BCUT2D eigenvalue weighted by Crippen LogP contribution is 2.39. The van der Waals surface area contributed by atoms with Crippen molar-refractivity contribution in [1.82, 2.24) is 10.2 Å². The first-order valence-electron chi connectivity index (χ1n) is 7.31. The Labute approximate surface area is 122 Å². The number of hydrogen-bond donors (Lipinski definition) is 2. The summed E-state index contributed by atoms with van der Waals surface area (Å²) in [5.41, 5.74) is 0. The first-order chi connectivity index (χ1) is 10.2. The molecule has 2 saturated heterocycles. The third-order valence-electron chi connectivity index (χ3n) is 4.32. The first kappa shape index (κ1) is 14.5. The summed E-state index contributed by atoms with van der Waals surface area (Å²) in [6.45, 7) is 4.45. The van der Waals surface area contributed by atoms with Crippen LogP contribution in [0, 0.1) is 11.8 Å². The maximum atomic E-state index is 12.3. The van der Waals surface area contributed by atoms with Crippen LogP contribution in [0.15, 0.2) is 12.2 Å². The largest absolute Gasteiger partial charge is 0.481 e. The molecule has 0 saturated carbocycles. The van der Waals surface area contributed by atoms with Gasteiger partial charge in [-0.05, 0) is 0 Å². The molecule has 4 atom stereocenters. The molecule has 0 aromatic rings. The lowest BCUT2D eigenvalue weighted by Gasteiger charge is -2.27. The lowest BCUT2D eigenvalue weighted by Crippen LogP contribution is -2.46. The molecule has 7 nitrogen and oxygen atoms in total. The summed E-state index contributed by atoms with van der Waals surface area (Å²) in [7, 11) is 0. The quantitative estimate of drug-likeness (QED) is 0.639. The molecule has 3 aliphatic rings. The zero-order valence-corrected chi connectivity index (χ0v) is 11.7. The van der Waals surface area contributed by atoms with E-state index in [1.54, 1.807) is 12.2 Å². The summed E-state index contributed by atoms with van der Waals surface area (Å²) < 4.78 is 10.8. The predicted octanol–water partition coefficient (Wildman–Crippen LogP) is -0.911. The predicted molar refractivity (Wildman–Crippen MR) is 72.7 cm³/mol. The van der Waals surface area contributed by atoms with Gasteiger partial charge in [0.15, 0.2) is 0 Å². The van der Waals surface area contributed by atoms with Gasteiger partial charge in [-0.15, -0.1) is 0 Å². The summed E-state index contributed by atoms with van der Waals surface area (Å²) in [6.07, 6.45) is 2.65. The lowest BCUT2D eigenvalue weighted by atomic mass is 9.82. The van der Waals surface area contributed by atoms with Crippen LogP contribution in [0.25, 0.3) is 0 Å². The van der Waals surface area contributed by atoms with E-state index in [1.807, 2.05) is 0 Å². The number of fused-ring (bicyclic) bond motifs is 2. The number of carboxylic acid groups (broad SMARTS) is 1. The number of amides is 1.